The molecule has 0 fully saturated rings. The number of aryl methyl sites for hydroxylation is 2. The smallest absolute Gasteiger partial charge is 0.259 e. The molecule has 2 aromatic heterocycles. The first-order valence-corrected chi connectivity index (χ1v) is 5.47. The summed E-state index contributed by atoms with van der Waals surface area (Å²) < 4.78 is 0. The van der Waals surface area contributed by atoms with Crippen molar-refractivity contribution in [2.24, 2.45) is 0 Å². The Kier molecular flexibility index (Phi) is 2.55. The van der Waals surface area contributed by atoms with Crippen molar-refractivity contribution in [1.29, 1.82) is 0 Å². The Bertz CT molecular complexity index is 486. The topological polar surface area (TPSA) is 57.8 Å². The lowest BCUT2D eigenvalue weighted by atomic mass is 10.2. The second-order valence-corrected chi connectivity index (χ2v) is 4.08. The summed E-state index contributed by atoms with van der Waals surface area (Å²) in [4.78, 5) is 18.7. The first-order valence-electron chi connectivity index (χ1n) is 4.52. The fourth-order valence-electron chi connectivity index (χ4n) is 1.24. The van der Waals surface area contributed by atoms with Crippen LogP contribution in [0.3, 0.4) is 0 Å². The minimum Gasteiger partial charge on any atom is -0.328 e. The number of aromatic amines is 1. The number of amides is 1. The first-order chi connectivity index (χ1) is 7.16. The normalized spacial score (nSPS) is 10.3. The third-order valence-electron chi connectivity index (χ3n) is 2.03. The van der Waals surface area contributed by atoms with Crippen LogP contribution in [0.25, 0.3) is 0 Å². The maximum atomic E-state index is 11.7. The van der Waals surface area contributed by atoms with Crippen molar-refractivity contribution in [3.8, 4) is 0 Å². The molecule has 0 radical (unpaired) electrons. The third-order valence-corrected chi connectivity index (χ3v) is 2.90. The zero-order chi connectivity index (χ0) is 10.8. The van der Waals surface area contributed by atoms with Crippen LogP contribution in [0.4, 0.5) is 5.95 Å². The molecule has 2 heterocycles. The molecule has 0 aliphatic carbocycles. The summed E-state index contributed by atoms with van der Waals surface area (Å²) in [5.74, 6) is 0.367. The number of aromatic nitrogens is 2. The Hall–Kier alpha value is -1.62. The number of rotatable bonds is 2. The van der Waals surface area contributed by atoms with Gasteiger partial charge in [0.1, 0.15) is 0 Å². The molecule has 78 valence electrons. The van der Waals surface area contributed by atoms with Crippen LogP contribution in [0.1, 0.15) is 21.6 Å². The minimum atomic E-state index is -0.122. The number of thiophene rings is 1. The van der Waals surface area contributed by atoms with E-state index in [0.717, 1.165) is 11.3 Å². The fourth-order valence-corrected chi connectivity index (χ4v) is 2.07. The molecule has 0 aromatic carbocycles. The molecular weight excluding hydrogens is 210 g/mol. The Morgan fingerprint density at radius 1 is 1.47 bits per heavy atom. The van der Waals surface area contributed by atoms with Crippen LogP contribution in [0.2, 0.25) is 0 Å². The summed E-state index contributed by atoms with van der Waals surface area (Å²) in [7, 11) is 0. The molecule has 0 unspecified atom stereocenters. The van der Waals surface area contributed by atoms with Gasteiger partial charge in [-0.1, -0.05) is 0 Å². The van der Waals surface area contributed by atoms with Gasteiger partial charge in [0, 0.05) is 17.3 Å². The molecule has 0 atom stereocenters. The molecule has 0 aliphatic heterocycles. The van der Waals surface area contributed by atoms with Gasteiger partial charge in [-0.2, -0.15) is 11.3 Å². The van der Waals surface area contributed by atoms with Crippen LogP contribution in [0.15, 0.2) is 17.0 Å². The van der Waals surface area contributed by atoms with Gasteiger partial charge in [0.05, 0.1) is 5.56 Å². The van der Waals surface area contributed by atoms with E-state index in [4.69, 9.17) is 0 Å². The van der Waals surface area contributed by atoms with Crippen molar-refractivity contribution in [2.75, 3.05) is 5.32 Å². The molecule has 0 aliphatic rings. The number of carbonyl (C=O) groups excluding carboxylic acids is 1. The summed E-state index contributed by atoms with van der Waals surface area (Å²) in [6.07, 6.45) is 1.68. The number of hydrogen-bond acceptors (Lipinski definition) is 3. The first kappa shape index (κ1) is 9.92. The van der Waals surface area contributed by atoms with Gasteiger partial charge < -0.3 is 4.98 Å². The van der Waals surface area contributed by atoms with Gasteiger partial charge in [0.25, 0.3) is 5.91 Å². The monoisotopic (exact) mass is 221 g/mol. The maximum absolute atomic E-state index is 11.7. The second-order valence-electron chi connectivity index (χ2n) is 3.34. The summed E-state index contributed by atoms with van der Waals surface area (Å²) in [6, 6.07) is 0. The van der Waals surface area contributed by atoms with Crippen LogP contribution in [-0.2, 0) is 0 Å². The highest BCUT2D eigenvalue weighted by molar-refractivity contribution is 7.08. The van der Waals surface area contributed by atoms with Gasteiger partial charge in [-0.05, 0) is 24.8 Å². The van der Waals surface area contributed by atoms with Crippen molar-refractivity contribution in [3.63, 3.8) is 0 Å². The van der Waals surface area contributed by atoms with Gasteiger partial charge >= 0.3 is 0 Å². The average Bonchev–Trinajstić information content (AvgIpc) is 2.75. The van der Waals surface area contributed by atoms with E-state index in [1.165, 1.54) is 11.3 Å². The molecule has 0 bridgehead atoms. The lowest BCUT2D eigenvalue weighted by Gasteiger charge is -2.00. The van der Waals surface area contributed by atoms with E-state index in [9.17, 15) is 4.79 Å². The van der Waals surface area contributed by atoms with Crippen LogP contribution in [0, 0.1) is 13.8 Å². The molecule has 2 N–H and O–H groups in total. The zero-order valence-corrected chi connectivity index (χ0v) is 9.31. The van der Waals surface area contributed by atoms with Crippen LogP contribution in [-0.4, -0.2) is 15.9 Å². The number of nitrogens with one attached hydrogen (secondary N) is 2. The Balaban J connectivity index is 2.14. The highest BCUT2D eigenvalue weighted by Gasteiger charge is 2.10. The second kappa shape index (κ2) is 3.86. The summed E-state index contributed by atoms with van der Waals surface area (Å²) in [5.41, 5.74) is 2.61. The highest BCUT2D eigenvalue weighted by Crippen LogP contribution is 2.14. The number of hydrogen-bond donors (Lipinski definition) is 2. The SMILES string of the molecule is Cc1cnc(NC(=O)c2cscc2C)[nH]1. The Labute approximate surface area is 91.4 Å². The molecule has 1 amide bonds. The number of anilines is 1. The Morgan fingerprint density at radius 3 is 2.80 bits per heavy atom. The minimum absolute atomic E-state index is 0.122. The predicted molar refractivity (Wildman–Crippen MR) is 60.3 cm³/mol. The van der Waals surface area contributed by atoms with E-state index in [-0.39, 0.29) is 5.91 Å². The van der Waals surface area contributed by atoms with E-state index in [2.05, 4.69) is 15.3 Å². The van der Waals surface area contributed by atoms with Gasteiger partial charge in [0.15, 0.2) is 0 Å². The lowest BCUT2D eigenvalue weighted by Crippen LogP contribution is -2.13. The van der Waals surface area contributed by atoms with E-state index < -0.39 is 0 Å². The van der Waals surface area contributed by atoms with Gasteiger partial charge in [0.2, 0.25) is 5.95 Å². The molecule has 5 heteroatoms. The summed E-state index contributed by atoms with van der Waals surface area (Å²) in [6.45, 7) is 3.80. The van der Waals surface area contributed by atoms with E-state index in [0.29, 0.717) is 11.5 Å². The number of carbonyl (C=O) groups is 1. The molecule has 15 heavy (non-hydrogen) atoms. The predicted octanol–water partition coefficient (Wildman–Crippen LogP) is 2.34. The van der Waals surface area contributed by atoms with Gasteiger partial charge in [-0.15, -0.1) is 0 Å². The van der Waals surface area contributed by atoms with Crippen molar-refractivity contribution >= 4 is 23.2 Å². The van der Waals surface area contributed by atoms with E-state index in [1.807, 2.05) is 24.6 Å². The largest absolute Gasteiger partial charge is 0.328 e. The average molecular weight is 221 g/mol. The van der Waals surface area contributed by atoms with Crippen molar-refractivity contribution < 1.29 is 4.79 Å². The highest BCUT2D eigenvalue weighted by atomic mass is 32.1. The zero-order valence-electron chi connectivity index (χ0n) is 8.50. The quantitative estimate of drug-likeness (QED) is 0.817. The standard InChI is InChI=1S/C10H11N3OS/c1-6-4-15-5-8(6)9(14)13-10-11-3-7(2)12-10/h3-5H,1-2H3,(H2,11,12,13,14). The summed E-state index contributed by atoms with van der Waals surface area (Å²) in [5, 5.41) is 6.49. The van der Waals surface area contributed by atoms with Crippen LogP contribution in [0.5, 0.6) is 0 Å². The van der Waals surface area contributed by atoms with Crippen molar-refractivity contribution in [1.82, 2.24) is 9.97 Å². The number of imidazole rings is 1. The molecule has 0 spiro atoms. The lowest BCUT2D eigenvalue weighted by molar-refractivity contribution is 0.102. The molecule has 0 saturated carbocycles. The summed E-state index contributed by atoms with van der Waals surface area (Å²) >= 11 is 1.52. The molecular formula is C10H11N3OS. The van der Waals surface area contributed by atoms with E-state index >= 15 is 0 Å². The Morgan fingerprint density at radius 2 is 2.27 bits per heavy atom. The number of nitrogens with zero attached hydrogens (tertiary/aromatic N) is 1. The third kappa shape index (κ3) is 2.07. The molecule has 2 aromatic rings. The van der Waals surface area contributed by atoms with Gasteiger partial charge in [-0.25, -0.2) is 4.98 Å². The molecule has 2 rings (SSSR count). The number of H-pyrrole nitrogens is 1. The maximum Gasteiger partial charge on any atom is 0.259 e. The fraction of sp³-hybridized carbons (Fsp3) is 0.200. The van der Waals surface area contributed by atoms with E-state index in [1.54, 1.807) is 6.20 Å². The molecule has 4 nitrogen and oxygen atoms in total. The van der Waals surface area contributed by atoms with Crippen molar-refractivity contribution in [2.45, 2.75) is 13.8 Å². The van der Waals surface area contributed by atoms with Crippen LogP contribution < -0.4 is 5.32 Å². The molecule has 0 saturated heterocycles. The van der Waals surface area contributed by atoms with Gasteiger partial charge in [-0.3, -0.25) is 10.1 Å². The van der Waals surface area contributed by atoms with Crippen molar-refractivity contribution in [3.05, 3.63) is 33.8 Å². The van der Waals surface area contributed by atoms with Crippen LogP contribution >= 0.6 is 11.3 Å².